The third kappa shape index (κ3) is 3.58. The fourth-order valence-corrected chi connectivity index (χ4v) is 4.58. The van der Waals surface area contributed by atoms with Gasteiger partial charge in [0, 0.05) is 16.8 Å². The monoisotopic (exact) mass is 492 g/mol. The first-order valence-electron chi connectivity index (χ1n) is 11.0. The zero-order valence-electron chi connectivity index (χ0n) is 19.9. The summed E-state index contributed by atoms with van der Waals surface area (Å²) in [6, 6.07) is 15.0. The molecule has 2 aromatic rings. The predicted molar refractivity (Wildman–Crippen MR) is 127 cm³/mol. The molecular weight excluding hydrogens is 468 g/mol. The van der Waals surface area contributed by atoms with Crippen molar-refractivity contribution in [3.05, 3.63) is 82.8 Å². The Morgan fingerprint density at radius 1 is 0.944 bits per heavy atom. The van der Waals surface area contributed by atoms with Gasteiger partial charge in [0.2, 0.25) is 11.8 Å². The van der Waals surface area contributed by atoms with E-state index in [1.54, 1.807) is 61.5 Å². The lowest BCUT2D eigenvalue weighted by Gasteiger charge is -2.36. The van der Waals surface area contributed by atoms with Gasteiger partial charge in [0.15, 0.2) is 0 Å². The largest absolute Gasteiger partial charge is 0.468 e. The molecule has 1 atom stereocenters. The van der Waals surface area contributed by atoms with Crippen molar-refractivity contribution in [1.82, 2.24) is 0 Å². The Hall–Kier alpha value is -4.60. The van der Waals surface area contributed by atoms with Gasteiger partial charge in [0.25, 0.3) is 0 Å². The zero-order chi connectivity index (χ0) is 26.0. The van der Waals surface area contributed by atoms with E-state index in [4.69, 9.17) is 24.7 Å². The quantitative estimate of drug-likeness (QED) is 0.473. The average molecular weight is 492 g/mol. The van der Waals surface area contributed by atoms with Crippen molar-refractivity contribution in [3.63, 3.8) is 0 Å². The number of nitrogens with zero attached hydrogens (tertiary/aromatic N) is 1. The molecule has 2 aromatic carbocycles. The molecule has 10 nitrogen and oxygen atoms in total. The smallest absolute Gasteiger partial charge is 0.340 e. The van der Waals surface area contributed by atoms with Crippen LogP contribution in [0.1, 0.15) is 18.1 Å². The molecule has 2 aliphatic heterocycles. The van der Waals surface area contributed by atoms with Crippen LogP contribution in [0.4, 0.5) is 5.69 Å². The summed E-state index contributed by atoms with van der Waals surface area (Å²) in [5.41, 5.74) is 4.46. The van der Waals surface area contributed by atoms with Gasteiger partial charge in [-0.05, 0) is 13.0 Å². The molecule has 2 aliphatic rings. The lowest BCUT2D eigenvalue weighted by atomic mass is 9.67. The van der Waals surface area contributed by atoms with Gasteiger partial charge in [-0.15, -0.1) is 0 Å². The van der Waals surface area contributed by atoms with E-state index in [1.807, 2.05) is 0 Å². The molecule has 4 rings (SSSR count). The summed E-state index contributed by atoms with van der Waals surface area (Å²) in [6.07, 6.45) is 0. The summed E-state index contributed by atoms with van der Waals surface area (Å²) in [5.74, 6) is -3.84. The molecular formula is C26H24N2O8. The van der Waals surface area contributed by atoms with Crippen LogP contribution in [0.15, 0.2) is 71.6 Å². The summed E-state index contributed by atoms with van der Waals surface area (Å²) in [4.78, 5) is 54.6. The molecule has 186 valence electrons. The molecule has 0 bridgehead atoms. The molecule has 2 heterocycles. The highest BCUT2D eigenvalue weighted by atomic mass is 16.5. The molecule has 36 heavy (non-hydrogen) atoms. The summed E-state index contributed by atoms with van der Waals surface area (Å²) in [5, 5.41) is 0. The summed E-state index contributed by atoms with van der Waals surface area (Å²) in [6.45, 7) is 1.12. The van der Waals surface area contributed by atoms with Crippen molar-refractivity contribution in [2.24, 2.45) is 5.73 Å². The Morgan fingerprint density at radius 2 is 1.61 bits per heavy atom. The maximum atomic E-state index is 14.4. The second-order valence-electron chi connectivity index (χ2n) is 7.86. The van der Waals surface area contributed by atoms with Crippen molar-refractivity contribution in [2.45, 2.75) is 12.3 Å². The average Bonchev–Trinajstić information content (AvgIpc) is 3.12. The highest BCUT2D eigenvalue weighted by molar-refractivity contribution is 6.24. The third-order valence-corrected chi connectivity index (χ3v) is 6.02. The number of carbonyl (C=O) groups is 4. The Labute approximate surface area is 206 Å². The molecule has 1 unspecified atom stereocenters. The number of nitrogens with two attached hydrogens (primary N) is 1. The van der Waals surface area contributed by atoms with E-state index < -0.39 is 47.2 Å². The zero-order valence-corrected chi connectivity index (χ0v) is 19.9. The maximum Gasteiger partial charge on any atom is 0.340 e. The van der Waals surface area contributed by atoms with E-state index in [9.17, 15) is 19.2 Å². The number of ether oxygens (including phenoxy) is 4. The van der Waals surface area contributed by atoms with Gasteiger partial charge in [-0.25, -0.2) is 9.59 Å². The number of amides is 1. The number of benzene rings is 2. The first kappa shape index (κ1) is 24.5. The van der Waals surface area contributed by atoms with Crippen LogP contribution < -0.4 is 10.6 Å². The minimum atomic E-state index is -2.11. The van der Waals surface area contributed by atoms with Crippen LogP contribution in [-0.4, -0.2) is 51.2 Å². The van der Waals surface area contributed by atoms with Gasteiger partial charge >= 0.3 is 17.9 Å². The van der Waals surface area contributed by atoms with Gasteiger partial charge in [-0.3, -0.25) is 14.5 Å². The standard InChI is InChI=1S/C26H24N2O8/c1-4-35-24(31)19-21(15-10-6-5-7-11-15)36-22(27)20(23(30)34-3)26(19)16-12-8-9-13-17(16)28(25(26)32)14-18(29)33-2/h5-13H,4,14,27H2,1-3H3. The van der Waals surface area contributed by atoms with Gasteiger partial charge in [-0.1, -0.05) is 48.5 Å². The molecule has 0 saturated heterocycles. The Balaban J connectivity index is 2.15. The van der Waals surface area contributed by atoms with E-state index in [0.717, 1.165) is 12.0 Å². The van der Waals surface area contributed by atoms with Crippen LogP contribution >= 0.6 is 0 Å². The van der Waals surface area contributed by atoms with Crippen LogP contribution in [0.3, 0.4) is 0 Å². The molecule has 1 spiro atoms. The number of carbonyl (C=O) groups excluding carboxylic acids is 4. The van der Waals surface area contributed by atoms with Gasteiger partial charge in [-0.2, -0.15) is 0 Å². The molecule has 10 heteroatoms. The first-order valence-corrected chi connectivity index (χ1v) is 11.0. The van der Waals surface area contributed by atoms with Crippen molar-refractivity contribution >= 4 is 35.3 Å². The van der Waals surface area contributed by atoms with Crippen molar-refractivity contribution in [3.8, 4) is 0 Å². The Bertz CT molecular complexity index is 1310. The molecule has 0 saturated carbocycles. The van der Waals surface area contributed by atoms with Crippen molar-refractivity contribution in [2.75, 3.05) is 32.3 Å². The summed E-state index contributed by atoms with van der Waals surface area (Å²) < 4.78 is 21.0. The van der Waals surface area contributed by atoms with Gasteiger partial charge in [0.05, 0.1) is 20.8 Å². The predicted octanol–water partition coefficient (Wildman–Crippen LogP) is 1.79. The number of para-hydroxylation sites is 1. The van der Waals surface area contributed by atoms with E-state index >= 15 is 0 Å². The molecule has 1 amide bonds. The van der Waals surface area contributed by atoms with Crippen LogP contribution in [0.2, 0.25) is 0 Å². The second-order valence-corrected chi connectivity index (χ2v) is 7.86. The minimum Gasteiger partial charge on any atom is -0.468 e. The first-order chi connectivity index (χ1) is 17.3. The van der Waals surface area contributed by atoms with Crippen molar-refractivity contribution in [1.29, 1.82) is 0 Å². The Morgan fingerprint density at radius 3 is 2.25 bits per heavy atom. The summed E-state index contributed by atoms with van der Waals surface area (Å²) >= 11 is 0. The lowest BCUT2D eigenvalue weighted by molar-refractivity contribution is -0.142. The molecule has 0 aromatic heterocycles. The minimum absolute atomic E-state index is 0.0189. The highest BCUT2D eigenvalue weighted by Gasteiger charge is 2.64. The molecule has 0 fully saturated rings. The molecule has 2 N–H and O–H groups in total. The molecule has 0 radical (unpaired) electrons. The van der Waals surface area contributed by atoms with Crippen LogP contribution in [0.5, 0.6) is 0 Å². The van der Waals surface area contributed by atoms with Crippen LogP contribution in [0, 0.1) is 0 Å². The molecule has 0 aliphatic carbocycles. The SMILES string of the molecule is CCOC(=O)C1=C(c2ccccc2)OC(N)=C(C(=O)OC)C12C(=O)N(CC(=O)OC)c1ccccc12. The number of anilines is 1. The van der Waals surface area contributed by atoms with Crippen molar-refractivity contribution < 1.29 is 38.1 Å². The number of hydrogen-bond acceptors (Lipinski definition) is 9. The maximum absolute atomic E-state index is 14.4. The second kappa shape index (κ2) is 9.57. The van der Waals surface area contributed by atoms with E-state index in [-0.39, 0.29) is 23.5 Å². The fraction of sp³-hybridized carbons (Fsp3) is 0.231. The van der Waals surface area contributed by atoms with Crippen LogP contribution in [-0.2, 0) is 43.5 Å². The van der Waals surface area contributed by atoms with E-state index in [0.29, 0.717) is 11.3 Å². The number of methoxy groups -OCH3 is 2. The topological polar surface area (TPSA) is 134 Å². The third-order valence-electron chi connectivity index (χ3n) is 6.02. The number of rotatable bonds is 6. The van der Waals surface area contributed by atoms with Gasteiger partial charge < -0.3 is 24.7 Å². The van der Waals surface area contributed by atoms with E-state index in [1.165, 1.54) is 7.11 Å². The number of esters is 3. The summed E-state index contributed by atoms with van der Waals surface area (Å²) in [7, 11) is 2.31. The Kier molecular flexibility index (Phi) is 6.52. The van der Waals surface area contributed by atoms with Gasteiger partial charge in [0.1, 0.15) is 28.9 Å². The van der Waals surface area contributed by atoms with Crippen LogP contribution in [0.25, 0.3) is 5.76 Å². The fourth-order valence-electron chi connectivity index (χ4n) is 4.58. The number of fused-ring (bicyclic) bond motifs is 2. The van der Waals surface area contributed by atoms with E-state index in [2.05, 4.69) is 0 Å². The number of hydrogen-bond donors (Lipinski definition) is 1. The highest BCUT2D eigenvalue weighted by Crippen LogP contribution is 2.55. The normalized spacial score (nSPS) is 18.6. The lowest BCUT2D eigenvalue weighted by Crippen LogP contribution is -2.51.